The molecule has 1 aromatic carbocycles. The van der Waals surface area contributed by atoms with E-state index in [-0.39, 0.29) is 11.9 Å². The van der Waals surface area contributed by atoms with E-state index in [0.717, 1.165) is 12.8 Å². The molecule has 0 aliphatic carbocycles. The highest BCUT2D eigenvalue weighted by Gasteiger charge is 2.27. The summed E-state index contributed by atoms with van der Waals surface area (Å²) < 4.78 is 25.7. The van der Waals surface area contributed by atoms with Crippen LogP contribution in [-0.2, 0) is 9.57 Å². The summed E-state index contributed by atoms with van der Waals surface area (Å²) in [5.41, 5.74) is 1.04. The standard InChI is InChI=1S/C24H30FN3O4/c1-24(2,3)32-23(29)28-11-9-17(10-12-28)16-31-19-6-8-22(26-15-19)20-7-5-18(13-21(20)25)14-27-30-4/h5-8,13-15,17H,9-12,16H2,1-4H3/b27-14+. The third kappa shape index (κ3) is 6.67. The number of carbonyl (C=O) groups is 1. The van der Waals surface area contributed by atoms with Crippen LogP contribution in [0, 0.1) is 11.7 Å². The topological polar surface area (TPSA) is 73.2 Å². The lowest BCUT2D eigenvalue weighted by Gasteiger charge is -2.33. The predicted octanol–water partition coefficient (Wildman–Crippen LogP) is 4.89. The lowest BCUT2D eigenvalue weighted by molar-refractivity contribution is 0.0165. The third-order valence-corrected chi connectivity index (χ3v) is 5.06. The molecule has 172 valence electrons. The number of likely N-dealkylation sites (tertiary alicyclic amines) is 1. The van der Waals surface area contributed by atoms with Gasteiger partial charge in [-0.05, 0) is 69.4 Å². The summed E-state index contributed by atoms with van der Waals surface area (Å²) in [6.45, 7) is 7.46. The SMILES string of the molecule is CO/N=C/c1ccc(-c2ccc(OCC3CCN(C(=O)OC(C)(C)C)CC3)cn2)c(F)c1. The molecule has 0 N–H and O–H groups in total. The maximum absolute atomic E-state index is 14.4. The Labute approximate surface area is 188 Å². The molecule has 1 aromatic heterocycles. The molecule has 2 heterocycles. The van der Waals surface area contributed by atoms with Gasteiger partial charge < -0.3 is 19.2 Å². The van der Waals surface area contributed by atoms with Gasteiger partial charge in [-0.2, -0.15) is 0 Å². The molecule has 1 saturated heterocycles. The number of hydrogen-bond donors (Lipinski definition) is 0. The molecule has 0 atom stereocenters. The quantitative estimate of drug-likeness (QED) is 0.469. The van der Waals surface area contributed by atoms with Crippen LogP contribution >= 0.6 is 0 Å². The van der Waals surface area contributed by atoms with Crippen molar-refractivity contribution in [3.05, 3.63) is 47.9 Å². The zero-order chi connectivity index (χ0) is 23.1. The number of ether oxygens (including phenoxy) is 2. The molecule has 1 aliphatic heterocycles. The number of aromatic nitrogens is 1. The van der Waals surface area contributed by atoms with Crippen LogP contribution in [0.5, 0.6) is 5.75 Å². The zero-order valence-corrected chi connectivity index (χ0v) is 19.0. The Bertz CT molecular complexity index is 933. The average Bonchev–Trinajstić information content (AvgIpc) is 2.76. The lowest BCUT2D eigenvalue weighted by Crippen LogP contribution is -2.42. The second-order valence-electron chi connectivity index (χ2n) is 8.76. The van der Waals surface area contributed by atoms with E-state index in [1.807, 2.05) is 20.8 Å². The van der Waals surface area contributed by atoms with E-state index in [1.54, 1.807) is 35.4 Å². The van der Waals surface area contributed by atoms with Gasteiger partial charge in [-0.3, -0.25) is 4.98 Å². The first kappa shape index (κ1) is 23.5. The Kier molecular flexibility index (Phi) is 7.66. The normalized spacial score (nSPS) is 15.1. The molecule has 0 radical (unpaired) electrons. The van der Waals surface area contributed by atoms with Gasteiger partial charge in [-0.1, -0.05) is 11.2 Å². The fourth-order valence-corrected chi connectivity index (χ4v) is 3.38. The minimum absolute atomic E-state index is 0.261. The Morgan fingerprint density at radius 3 is 2.59 bits per heavy atom. The van der Waals surface area contributed by atoms with E-state index in [1.165, 1.54) is 19.4 Å². The summed E-state index contributed by atoms with van der Waals surface area (Å²) in [6.07, 6.45) is 4.49. The highest BCUT2D eigenvalue weighted by molar-refractivity contribution is 5.80. The maximum atomic E-state index is 14.4. The van der Waals surface area contributed by atoms with Crippen LogP contribution < -0.4 is 4.74 Å². The summed E-state index contributed by atoms with van der Waals surface area (Å²) in [4.78, 5) is 22.9. The van der Waals surface area contributed by atoms with Crippen molar-refractivity contribution in [3.63, 3.8) is 0 Å². The number of hydrogen-bond acceptors (Lipinski definition) is 6. The molecule has 0 bridgehead atoms. The molecular formula is C24H30FN3O4. The van der Waals surface area contributed by atoms with Crippen LogP contribution in [0.4, 0.5) is 9.18 Å². The van der Waals surface area contributed by atoms with E-state index >= 15 is 0 Å². The Morgan fingerprint density at radius 1 is 1.25 bits per heavy atom. The highest BCUT2D eigenvalue weighted by Crippen LogP contribution is 2.25. The summed E-state index contributed by atoms with van der Waals surface area (Å²) in [5.74, 6) is 0.600. The second kappa shape index (κ2) is 10.4. The first-order chi connectivity index (χ1) is 15.2. The summed E-state index contributed by atoms with van der Waals surface area (Å²) in [6, 6.07) is 8.32. The van der Waals surface area contributed by atoms with E-state index in [4.69, 9.17) is 9.47 Å². The Balaban J connectivity index is 1.50. The first-order valence-electron chi connectivity index (χ1n) is 10.7. The van der Waals surface area contributed by atoms with Gasteiger partial charge in [-0.25, -0.2) is 9.18 Å². The molecule has 32 heavy (non-hydrogen) atoms. The first-order valence-corrected chi connectivity index (χ1v) is 10.7. The van der Waals surface area contributed by atoms with Crippen LogP contribution in [-0.4, -0.2) is 54.6 Å². The van der Waals surface area contributed by atoms with Crippen molar-refractivity contribution in [1.29, 1.82) is 0 Å². The molecule has 1 amide bonds. The van der Waals surface area contributed by atoms with Crippen molar-refractivity contribution in [1.82, 2.24) is 9.88 Å². The van der Waals surface area contributed by atoms with Crippen molar-refractivity contribution in [3.8, 4) is 17.0 Å². The van der Waals surface area contributed by atoms with E-state index in [9.17, 15) is 9.18 Å². The third-order valence-electron chi connectivity index (χ3n) is 5.06. The molecule has 7 nitrogen and oxygen atoms in total. The number of carbonyl (C=O) groups excluding carboxylic acids is 1. The van der Waals surface area contributed by atoms with Crippen LogP contribution in [0.25, 0.3) is 11.3 Å². The van der Waals surface area contributed by atoms with Gasteiger partial charge in [0.15, 0.2) is 0 Å². The van der Waals surface area contributed by atoms with Crippen LogP contribution in [0.1, 0.15) is 39.2 Å². The van der Waals surface area contributed by atoms with Gasteiger partial charge in [0.05, 0.1) is 24.7 Å². The van der Waals surface area contributed by atoms with Crippen molar-refractivity contribution in [2.24, 2.45) is 11.1 Å². The van der Waals surface area contributed by atoms with Crippen molar-refractivity contribution in [2.75, 3.05) is 26.8 Å². The molecule has 1 fully saturated rings. The van der Waals surface area contributed by atoms with Gasteiger partial charge in [0.1, 0.15) is 24.3 Å². The van der Waals surface area contributed by atoms with Crippen LogP contribution in [0.2, 0.25) is 0 Å². The molecule has 1 aliphatic rings. The number of rotatable bonds is 6. The Hall–Kier alpha value is -3.16. The highest BCUT2D eigenvalue weighted by atomic mass is 19.1. The van der Waals surface area contributed by atoms with Crippen LogP contribution in [0.15, 0.2) is 41.7 Å². The van der Waals surface area contributed by atoms with E-state index in [2.05, 4.69) is 15.0 Å². The van der Waals surface area contributed by atoms with E-state index in [0.29, 0.717) is 48.2 Å². The number of benzene rings is 1. The predicted molar refractivity (Wildman–Crippen MR) is 120 cm³/mol. The number of oxime groups is 1. The molecule has 0 spiro atoms. The van der Waals surface area contributed by atoms with Gasteiger partial charge in [0, 0.05) is 18.7 Å². The van der Waals surface area contributed by atoms with Gasteiger partial charge in [0.2, 0.25) is 0 Å². The van der Waals surface area contributed by atoms with Gasteiger partial charge >= 0.3 is 6.09 Å². The number of amides is 1. The Morgan fingerprint density at radius 2 is 2.00 bits per heavy atom. The van der Waals surface area contributed by atoms with Crippen LogP contribution in [0.3, 0.4) is 0 Å². The number of nitrogens with zero attached hydrogens (tertiary/aromatic N) is 3. The molecule has 0 unspecified atom stereocenters. The molecule has 2 aromatic rings. The van der Waals surface area contributed by atoms with Gasteiger partial charge in [0.25, 0.3) is 0 Å². The molecule has 8 heteroatoms. The summed E-state index contributed by atoms with van der Waals surface area (Å²) >= 11 is 0. The average molecular weight is 444 g/mol. The zero-order valence-electron chi connectivity index (χ0n) is 19.0. The second-order valence-corrected chi connectivity index (χ2v) is 8.76. The molecule has 0 saturated carbocycles. The maximum Gasteiger partial charge on any atom is 0.410 e. The number of halogens is 1. The largest absolute Gasteiger partial charge is 0.492 e. The number of piperidine rings is 1. The van der Waals surface area contributed by atoms with Crippen molar-refractivity contribution in [2.45, 2.75) is 39.2 Å². The van der Waals surface area contributed by atoms with Crippen molar-refractivity contribution < 1.29 is 23.5 Å². The number of pyridine rings is 1. The summed E-state index contributed by atoms with van der Waals surface area (Å²) in [5, 5.41) is 3.63. The minimum atomic E-state index is -0.487. The molecular weight excluding hydrogens is 413 g/mol. The monoisotopic (exact) mass is 443 g/mol. The molecule has 3 rings (SSSR count). The van der Waals surface area contributed by atoms with Crippen molar-refractivity contribution >= 4 is 12.3 Å². The smallest absolute Gasteiger partial charge is 0.410 e. The summed E-state index contributed by atoms with van der Waals surface area (Å²) in [7, 11) is 1.43. The lowest BCUT2D eigenvalue weighted by atomic mass is 9.98. The van der Waals surface area contributed by atoms with Gasteiger partial charge in [-0.15, -0.1) is 0 Å². The minimum Gasteiger partial charge on any atom is -0.492 e. The fourth-order valence-electron chi connectivity index (χ4n) is 3.38. The van der Waals surface area contributed by atoms with E-state index < -0.39 is 5.60 Å². The fraction of sp³-hybridized carbons (Fsp3) is 0.458.